The van der Waals surface area contributed by atoms with Gasteiger partial charge in [-0.1, -0.05) is 13.0 Å². The largest absolute Gasteiger partial charge is 0.493 e. The Hall–Kier alpha value is -1.26. The standard InChI is InChI=1S/C17H29NO3/c1-6-10-18-14(3)15-7-8-16(17(12-15)20-5)21-13(2)9-11-19-4/h7-8,12-14,18H,6,9-11H2,1-5H3. The van der Waals surface area contributed by atoms with Crippen molar-refractivity contribution >= 4 is 0 Å². The summed E-state index contributed by atoms with van der Waals surface area (Å²) in [6.45, 7) is 8.07. The highest BCUT2D eigenvalue weighted by Crippen LogP contribution is 2.31. The van der Waals surface area contributed by atoms with Crippen LogP contribution in [0.1, 0.15) is 45.2 Å². The molecule has 4 heteroatoms. The summed E-state index contributed by atoms with van der Waals surface area (Å²) in [5.41, 5.74) is 1.21. The van der Waals surface area contributed by atoms with Gasteiger partial charge in [-0.25, -0.2) is 0 Å². The van der Waals surface area contributed by atoms with Gasteiger partial charge in [-0.05, 0) is 44.5 Å². The molecule has 0 saturated carbocycles. The minimum absolute atomic E-state index is 0.0975. The lowest BCUT2D eigenvalue weighted by Gasteiger charge is -2.19. The molecular formula is C17H29NO3. The maximum atomic E-state index is 5.93. The van der Waals surface area contributed by atoms with E-state index in [1.54, 1.807) is 14.2 Å². The molecule has 1 rings (SSSR count). The van der Waals surface area contributed by atoms with Crippen molar-refractivity contribution in [2.75, 3.05) is 27.4 Å². The summed E-state index contributed by atoms with van der Waals surface area (Å²) in [7, 11) is 3.38. The van der Waals surface area contributed by atoms with Crippen LogP contribution in [0.15, 0.2) is 18.2 Å². The first-order chi connectivity index (χ1) is 10.1. The number of nitrogens with one attached hydrogen (secondary N) is 1. The third-order valence-electron chi connectivity index (χ3n) is 3.44. The zero-order valence-electron chi connectivity index (χ0n) is 13.9. The first-order valence-corrected chi connectivity index (χ1v) is 7.69. The monoisotopic (exact) mass is 295 g/mol. The van der Waals surface area contributed by atoms with Gasteiger partial charge in [0.1, 0.15) is 0 Å². The Balaban J connectivity index is 2.74. The normalized spacial score (nSPS) is 13.8. The summed E-state index contributed by atoms with van der Waals surface area (Å²) in [5.74, 6) is 1.56. The average molecular weight is 295 g/mol. The van der Waals surface area contributed by atoms with Crippen LogP contribution in [0.5, 0.6) is 11.5 Å². The van der Waals surface area contributed by atoms with Gasteiger partial charge in [0.05, 0.1) is 13.2 Å². The molecule has 1 aromatic carbocycles. The molecule has 0 amide bonds. The van der Waals surface area contributed by atoms with E-state index < -0.39 is 0 Å². The quantitative estimate of drug-likeness (QED) is 0.716. The zero-order chi connectivity index (χ0) is 15.7. The third kappa shape index (κ3) is 5.94. The highest BCUT2D eigenvalue weighted by atomic mass is 16.5. The van der Waals surface area contributed by atoms with E-state index >= 15 is 0 Å². The van der Waals surface area contributed by atoms with E-state index in [0.717, 1.165) is 30.9 Å². The summed E-state index contributed by atoms with van der Waals surface area (Å²) in [5, 5.41) is 3.48. The van der Waals surface area contributed by atoms with Crippen LogP contribution in [0.2, 0.25) is 0 Å². The predicted octanol–water partition coefficient (Wildman–Crippen LogP) is 3.56. The fourth-order valence-corrected chi connectivity index (χ4v) is 2.09. The van der Waals surface area contributed by atoms with Crippen LogP contribution in [0.25, 0.3) is 0 Å². The van der Waals surface area contributed by atoms with Gasteiger partial charge < -0.3 is 19.5 Å². The summed E-state index contributed by atoms with van der Waals surface area (Å²) >= 11 is 0. The van der Waals surface area contributed by atoms with E-state index in [-0.39, 0.29) is 6.10 Å². The lowest BCUT2D eigenvalue weighted by Crippen LogP contribution is -2.19. The van der Waals surface area contributed by atoms with Crippen molar-refractivity contribution in [3.63, 3.8) is 0 Å². The van der Waals surface area contributed by atoms with E-state index in [0.29, 0.717) is 12.6 Å². The van der Waals surface area contributed by atoms with Crippen molar-refractivity contribution in [2.24, 2.45) is 0 Å². The average Bonchev–Trinajstić information content (AvgIpc) is 2.50. The molecule has 2 atom stereocenters. The molecule has 1 N–H and O–H groups in total. The Labute approximate surface area is 128 Å². The van der Waals surface area contributed by atoms with Crippen molar-refractivity contribution in [2.45, 2.75) is 45.8 Å². The highest BCUT2D eigenvalue weighted by Gasteiger charge is 2.12. The molecular weight excluding hydrogens is 266 g/mol. The molecule has 0 saturated heterocycles. The van der Waals surface area contributed by atoms with Gasteiger partial charge in [-0.3, -0.25) is 0 Å². The Morgan fingerprint density at radius 2 is 1.90 bits per heavy atom. The van der Waals surface area contributed by atoms with Gasteiger partial charge in [0.25, 0.3) is 0 Å². The van der Waals surface area contributed by atoms with Crippen molar-refractivity contribution in [3.05, 3.63) is 23.8 Å². The number of hydrogen-bond acceptors (Lipinski definition) is 4. The molecule has 0 bridgehead atoms. The van der Waals surface area contributed by atoms with Gasteiger partial charge >= 0.3 is 0 Å². The molecule has 0 radical (unpaired) electrons. The van der Waals surface area contributed by atoms with Crippen LogP contribution in [0.3, 0.4) is 0 Å². The highest BCUT2D eigenvalue weighted by molar-refractivity contribution is 5.43. The summed E-state index contributed by atoms with van der Waals surface area (Å²) in [4.78, 5) is 0. The third-order valence-corrected chi connectivity index (χ3v) is 3.44. The smallest absolute Gasteiger partial charge is 0.161 e. The fourth-order valence-electron chi connectivity index (χ4n) is 2.09. The first-order valence-electron chi connectivity index (χ1n) is 7.69. The molecule has 1 aromatic rings. The number of rotatable bonds is 10. The molecule has 0 aliphatic rings. The lowest BCUT2D eigenvalue weighted by molar-refractivity contribution is 0.132. The van der Waals surface area contributed by atoms with Crippen molar-refractivity contribution in [1.82, 2.24) is 5.32 Å². The van der Waals surface area contributed by atoms with Gasteiger partial charge in [-0.15, -0.1) is 0 Å². The molecule has 0 heterocycles. The molecule has 0 aliphatic heterocycles. The Bertz CT molecular complexity index is 409. The second-order valence-electron chi connectivity index (χ2n) is 5.30. The van der Waals surface area contributed by atoms with Crippen molar-refractivity contribution in [3.8, 4) is 11.5 Å². The Morgan fingerprint density at radius 1 is 1.14 bits per heavy atom. The van der Waals surface area contributed by atoms with Gasteiger partial charge in [0, 0.05) is 26.2 Å². The maximum absolute atomic E-state index is 5.93. The van der Waals surface area contributed by atoms with Crippen LogP contribution in [0.4, 0.5) is 0 Å². The lowest BCUT2D eigenvalue weighted by atomic mass is 10.1. The minimum Gasteiger partial charge on any atom is -0.493 e. The second-order valence-corrected chi connectivity index (χ2v) is 5.30. The SMILES string of the molecule is CCCNC(C)c1ccc(OC(C)CCOC)c(OC)c1. The van der Waals surface area contributed by atoms with E-state index in [1.165, 1.54) is 5.56 Å². The van der Waals surface area contributed by atoms with Gasteiger partial charge in [0.2, 0.25) is 0 Å². The van der Waals surface area contributed by atoms with Crippen molar-refractivity contribution in [1.29, 1.82) is 0 Å². The van der Waals surface area contributed by atoms with Crippen LogP contribution >= 0.6 is 0 Å². The zero-order valence-corrected chi connectivity index (χ0v) is 13.9. The predicted molar refractivity (Wildman–Crippen MR) is 86.3 cm³/mol. The second kappa shape index (κ2) is 9.64. The Kier molecular flexibility index (Phi) is 8.16. The van der Waals surface area contributed by atoms with Crippen molar-refractivity contribution < 1.29 is 14.2 Å². The number of benzene rings is 1. The van der Waals surface area contributed by atoms with E-state index in [2.05, 4.69) is 25.2 Å². The molecule has 0 fully saturated rings. The summed E-state index contributed by atoms with van der Waals surface area (Å²) in [6, 6.07) is 6.43. The molecule has 0 aliphatic carbocycles. The number of hydrogen-bond donors (Lipinski definition) is 1. The molecule has 0 spiro atoms. The van der Waals surface area contributed by atoms with Gasteiger partial charge in [-0.2, -0.15) is 0 Å². The topological polar surface area (TPSA) is 39.7 Å². The van der Waals surface area contributed by atoms with E-state index in [1.807, 2.05) is 19.1 Å². The molecule has 21 heavy (non-hydrogen) atoms. The number of ether oxygens (including phenoxy) is 3. The van der Waals surface area contributed by atoms with Crippen LogP contribution < -0.4 is 14.8 Å². The van der Waals surface area contributed by atoms with Crippen LogP contribution in [-0.2, 0) is 4.74 Å². The maximum Gasteiger partial charge on any atom is 0.161 e. The molecule has 4 nitrogen and oxygen atoms in total. The summed E-state index contributed by atoms with van der Waals surface area (Å²) in [6.07, 6.45) is 2.08. The van der Waals surface area contributed by atoms with E-state index in [9.17, 15) is 0 Å². The van der Waals surface area contributed by atoms with Gasteiger partial charge in [0.15, 0.2) is 11.5 Å². The first kappa shape index (κ1) is 17.8. The van der Waals surface area contributed by atoms with Crippen LogP contribution in [0, 0.1) is 0 Å². The minimum atomic E-state index is 0.0975. The molecule has 2 unspecified atom stereocenters. The fraction of sp³-hybridized carbons (Fsp3) is 0.647. The molecule has 0 aromatic heterocycles. The Morgan fingerprint density at radius 3 is 2.52 bits per heavy atom. The van der Waals surface area contributed by atoms with E-state index in [4.69, 9.17) is 14.2 Å². The summed E-state index contributed by atoms with van der Waals surface area (Å²) < 4.78 is 16.5. The van der Waals surface area contributed by atoms with Crippen LogP contribution in [-0.4, -0.2) is 33.5 Å². The number of methoxy groups -OCH3 is 2. The molecule has 120 valence electrons.